The van der Waals surface area contributed by atoms with E-state index in [0.717, 1.165) is 32.2 Å². The van der Waals surface area contributed by atoms with E-state index < -0.39 is 0 Å². The molecule has 1 unspecified atom stereocenters. The molecule has 4 aromatic rings. The van der Waals surface area contributed by atoms with Gasteiger partial charge in [0.25, 0.3) is 0 Å². The van der Waals surface area contributed by atoms with E-state index in [1.165, 1.54) is 29.4 Å². The van der Waals surface area contributed by atoms with E-state index >= 15 is 0 Å². The summed E-state index contributed by atoms with van der Waals surface area (Å²) in [6.07, 6.45) is 1.52. The first-order valence-electron chi connectivity index (χ1n) is 8.92. The van der Waals surface area contributed by atoms with Crippen LogP contribution < -0.4 is 10.1 Å². The highest BCUT2D eigenvalue weighted by Gasteiger charge is 2.18. The summed E-state index contributed by atoms with van der Waals surface area (Å²) in [7, 11) is 1.63. The summed E-state index contributed by atoms with van der Waals surface area (Å²) in [5.74, 6) is 0.641. The standard InChI is InChI=1S/C21H18N4O2S2/c1-13(28-19-11-17(22-12-23-19)14-6-4-3-5-7-14)20(26)25-21-24-16-9-8-15(27-2)10-18(16)29-21/h3-13H,1-2H3,(H,24,25,26). The summed E-state index contributed by atoms with van der Waals surface area (Å²) in [6.45, 7) is 1.85. The number of rotatable bonds is 6. The summed E-state index contributed by atoms with van der Waals surface area (Å²) < 4.78 is 6.20. The molecule has 4 rings (SSSR count). The Labute approximate surface area is 176 Å². The number of hydrogen-bond acceptors (Lipinski definition) is 7. The van der Waals surface area contributed by atoms with E-state index in [-0.39, 0.29) is 11.2 Å². The SMILES string of the molecule is COc1ccc2nc(NC(=O)C(C)Sc3cc(-c4ccccc4)ncn3)sc2c1. The van der Waals surface area contributed by atoms with Crippen molar-refractivity contribution in [2.45, 2.75) is 17.2 Å². The van der Waals surface area contributed by atoms with Crippen molar-refractivity contribution in [2.24, 2.45) is 0 Å². The van der Waals surface area contributed by atoms with Crippen LogP contribution in [0.15, 0.2) is 66.0 Å². The van der Waals surface area contributed by atoms with Gasteiger partial charge in [-0.1, -0.05) is 53.4 Å². The lowest BCUT2D eigenvalue weighted by molar-refractivity contribution is -0.115. The maximum Gasteiger partial charge on any atom is 0.239 e. The number of amides is 1. The third-order valence-corrected chi connectivity index (χ3v) is 6.17. The molecule has 6 nitrogen and oxygen atoms in total. The van der Waals surface area contributed by atoms with Crippen molar-refractivity contribution in [3.05, 3.63) is 60.9 Å². The molecule has 0 fully saturated rings. The minimum Gasteiger partial charge on any atom is -0.497 e. The number of fused-ring (bicyclic) bond motifs is 1. The van der Waals surface area contributed by atoms with Crippen molar-refractivity contribution in [2.75, 3.05) is 12.4 Å². The van der Waals surface area contributed by atoms with Crippen LogP contribution in [0.4, 0.5) is 5.13 Å². The third-order valence-electron chi connectivity index (χ3n) is 4.20. The summed E-state index contributed by atoms with van der Waals surface area (Å²) in [4.78, 5) is 25.7. The Morgan fingerprint density at radius 2 is 1.97 bits per heavy atom. The van der Waals surface area contributed by atoms with Crippen LogP contribution in [0.25, 0.3) is 21.5 Å². The quantitative estimate of drug-likeness (QED) is 0.352. The fourth-order valence-electron chi connectivity index (χ4n) is 2.70. The van der Waals surface area contributed by atoms with Crippen molar-refractivity contribution in [3.63, 3.8) is 0 Å². The smallest absolute Gasteiger partial charge is 0.239 e. The van der Waals surface area contributed by atoms with Crippen LogP contribution in [0.3, 0.4) is 0 Å². The Hall–Kier alpha value is -2.97. The zero-order chi connectivity index (χ0) is 20.2. The number of nitrogens with one attached hydrogen (secondary N) is 1. The highest BCUT2D eigenvalue weighted by molar-refractivity contribution is 8.00. The second kappa shape index (κ2) is 8.59. The Balaban J connectivity index is 1.45. The largest absolute Gasteiger partial charge is 0.497 e. The van der Waals surface area contributed by atoms with Gasteiger partial charge in [-0.3, -0.25) is 4.79 Å². The lowest BCUT2D eigenvalue weighted by atomic mass is 10.1. The molecule has 1 amide bonds. The van der Waals surface area contributed by atoms with Crippen molar-refractivity contribution in [3.8, 4) is 17.0 Å². The molecule has 0 radical (unpaired) electrons. The fraction of sp³-hybridized carbons (Fsp3) is 0.143. The number of benzene rings is 2. The summed E-state index contributed by atoms with van der Waals surface area (Å²) in [5.41, 5.74) is 2.67. The zero-order valence-corrected chi connectivity index (χ0v) is 17.5. The average Bonchev–Trinajstić information content (AvgIpc) is 3.15. The summed E-state index contributed by atoms with van der Waals surface area (Å²) in [6, 6.07) is 17.4. The Bertz CT molecular complexity index is 1150. The highest BCUT2D eigenvalue weighted by atomic mass is 32.2. The number of nitrogens with zero attached hydrogens (tertiary/aromatic N) is 3. The molecule has 0 aliphatic rings. The van der Waals surface area contributed by atoms with Gasteiger partial charge in [0, 0.05) is 5.56 Å². The van der Waals surface area contributed by atoms with Crippen LogP contribution in [-0.4, -0.2) is 33.2 Å². The fourth-order valence-corrected chi connectivity index (χ4v) is 4.41. The number of carbonyl (C=O) groups is 1. The van der Waals surface area contributed by atoms with Crippen LogP contribution in [0, 0.1) is 0 Å². The summed E-state index contributed by atoms with van der Waals surface area (Å²) in [5, 5.41) is 3.87. The molecule has 8 heteroatoms. The van der Waals surface area contributed by atoms with E-state index in [1.807, 2.05) is 61.5 Å². The predicted octanol–water partition coefficient (Wildman–Crippen LogP) is 4.88. The van der Waals surface area contributed by atoms with Crippen LogP contribution in [0.1, 0.15) is 6.92 Å². The Kier molecular flexibility index (Phi) is 5.73. The van der Waals surface area contributed by atoms with E-state index in [4.69, 9.17) is 4.74 Å². The minimum absolute atomic E-state index is 0.124. The number of carbonyl (C=O) groups excluding carboxylic acids is 1. The highest BCUT2D eigenvalue weighted by Crippen LogP contribution is 2.30. The molecule has 0 aliphatic heterocycles. The number of ether oxygens (including phenoxy) is 1. The first kappa shape index (κ1) is 19.4. The number of anilines is 1. The van der Waals surface area contributed by atoms with Crippen molar-refractivity contribution in [1.29, 1.82) is 0 Å². The van der Waals surface area contributed by atoms with Gasteiger partial charge in [-0.25, -0.2) is 15.0 Å². The molecule has 0 saturated heterocycles. The lowest BCUT2D eigenvalue weighted by Crippen LogP contribution is -2.22. The molecular weight excluding hydrogens is 404 g/mol. The monoisotopic (exact) mass is 422 g/mol. The van der Waals surface area contributed by atoms with Crippen molar-refractivity contribution < 1.29 is 9.53 Å². The summed E-state index contributed by atoms with van der Waals surface area (Å²) >= 11 is 2.81. The molecule has 146 valence electrons. The average molecular weight is 423 g/mol. The molecule has 0 bridgehead atoms. The maximum atomic E-state index is 12.6. The number of thiazole rings is 1. The molecule has 1 N–H and O–H groups in total. The first-order chi connectivity index (χ1) is 14.1. The van der Waals surface area contributed by atoms with Crippen molar-refractivity contribution >= 4 is 44.4 Å². The predicted molar refractivity (Wildman–Crippen MR) is 118 cm³/mol. The zero-order valence-electron chi connectivity index (χ0n) is 15.8. The van der Waals surface area contributed by atoms with E-state index in [0.29, 0.717) is 5.13 Å². The molecule has 0 spiro atoms. The van der Waals surface area contributed by atoms with E-state index in [9.17, 15) is 4.79 Å². The van der Waals surface area contributed by atoms with Crippen LogP contribution >= 0.6 is 23.1 Å². The number of methoxy groups -OCH3 is 1. The molecule has 2 aromatic heterocycles. The van der Waals surface area contributed by atoms with Gasteiger partial charge < -0.3 is 10.1 Å². The van der Waals surface area contributed by atoms with Gasteiger partial charge in [-0.2, -0.15) is 0 Å². The molecule has 1 atom stereocenters. The lowest BCUT2D eigenvalue weighted by Gasteiger charge is -2.10. The number of aromatic nitrogens is 3. The molecule has 2 heterocycles. The van der Waals surface area contributed by atoms with E-state index in [2.05, 4.69) is 20.3 Å². The van der Waals surface area contributed by atoms with Gasteiger partial charge in [-0.05, 0) is 31.2 Å². The van der Waals surface area contributed by atoms with Gasteiger partial charge in [0.05, 0.1) is 28.3 Å². The van der Waals surface area contributed by atoms with Gasteiger partial charge in [-0.15, -0.1) is 0 Å². The van der Waals surface area contributed by atoms with E-state index in [1.54, 1.807) is 7.11 Å². The first-order valence-corrected chi connectivity index (χ1v) is 10.6. The third kappa shape index (κ3) is 4.55. The molecule has 0 saturated carbocycles. The van der Waals surface area contributed by atoms with Crippen LogP contribution in [0.2, 0.25) is 0 Å². The number of hydrogen-bond donors (Lipinski definition) is 1. The van der Waals surface area contributed by atoms with Crippen LogP contribution in [0.5, 0.6) is 5.75 Å². The van der Waals surface area contributed by atoms with Crippen LogP contribution in [-0.2, 0) is 4.79 Å². The maximum absolute atomic E-state index is 12.6. The van der Waals surface area contributed by atoms with Gasteiger partial charge in [0.2, 0.25) is 5.91 Å². The Morgan fingerprint density at radius 3 is 2.76 bits per heavy atom. The minimum atomic E-state index is -0.338. The van der Waals surface area contributed by atoms with Gasteiger partial charge in [0.1, 0.15) is 17.1 Å². The molecule has 2 aromatic carbocycles. The molecule has 0 aliphatic carbocycles. The van der Waals surface area contributed by atoms with Crippen molar-refractivity contribution in [1.82, 2.24) is 15.0 Å². The normalized spacial score (nSPS) is 11.9. The topological polar surface area (TPSA) is 77.0 Å². The number of thioether (sulfide) groups is 1. The molecular formula is C21H18N4O2S2. The van der Waals surface area contributed by atoms with Gasteiger partial charge in [0.15, 0.2) is 5.13 Å². The van der Waals surface area contributed by atoms with Gasteiger partial charge >= 0.3 is 0 Å². The second-order valence-electron chi connectivity index (χ2n) is 6.21. The second-order valence-corrected chi connectivity index (χ2v) is 8.60. The molecule has 29 heavy (non-hydrogen) atoms. The Morgan fingerprint density at radius 1 is 1.14 bits per heavy atom.